The van der Waals surface area contributed by atoms with Crippen LogP contribution in [0, 0.1) is 12.3 Å². The highest BCUT2D eigenvalue weighted by Gasteiger charge is 2.13. The maximum Gasteiger partial charge on any atom is 0.235 e. The van der Waals surface area contributed by atoms with Gasteiger partial charge in [0, 0.05) is 5.56 Å². The number of ketones is 1. The molecule has 0 aromatic heterocycles. The summed E-state index contributed by atoms with van der Waals surface area (Å²) in [5.41, 5.74) is 0.455. The van der Waals surface area contributed by atoms with E-state index in [1.165, 1.54) is 0 Å². The van der Waals surface area contributed by atoms with Crippen LogP contribution in [0.25, 0.3) is 0 Å². The lowest BCUT2D eigenvalue weighted by molar-refractivity contribution is 0.105. The number of terminal acetylenes is 1. The number of ether oxygens (including phenoxy) is 2. The van der Waals surface area contributed by atoms with Gasteiger partial charge in [0.15, 0.2) is 11.5 Å². The van der Waals surface area contributed by atoms with E-state index in [1.54, 1.807) is 18.2 Å². The normalized spacial score (nSPS) is 13.1. The highest BCUT2D eigenvalue weighted by molar-refractivity contribution is 6.08. The van der Waals surface area contributed by atoms with Crippen LogP contribution in [0.4, 0.5) is 0 Å². The molecule has 0 spiro atoms. The first kappa shape index (κ1) is 8.64. The van der Waals surface area contributed by atoms with Crippen LogP contribution >= 0.6 is 0 Å². The maximum atomic E-state index is 11.2. The van der Waals surface area contributed by atoms with E-state index in [9.17, 15) is 4.79 Å². The van der Waals surface area contributed by atoms with E-state index in [1.807, 2.05) is 0 Å². The van der Waals surface area contributed by atoms with Crippen molar-refractivity contribution in [2.45, 2.75) is 0 Å². The van der Waals surface area contributed by atoms with E-state index in [0.717, 1.165) is 0 Å². The van der Waals surface area contributed by atoms with Gasteiger partial charge < -0.3 is 9.47 Å². The van der Waals surface area contributed by atoms with Crippen molar-refractivity contribution in [3.05, 3.63) is 23.8 Å². The highest BCUT2D eigenvalue weighted by Crippen LogP contribution is 2.30. The molecule has 1 aromatic carbocycles. The quantitative estimate of drug-likeness (QED) is 0.378. The molecular weight excluding hydrogens is 180 g/mol. The van der Waals surface area contributed by atoms with Crippen molar-refractivity contribution in [3.63, 3.8) is 0 Å². The minimum atomic E-state index is -0.345. The molecule has 3 nitrogen and oxygen atoms in total. The van der Waals surface area contributed by atoms with Gasteiger partial charge in [0.1, 0.15) is 13.2 Å². The van der Waals surface area contributed by atoms with Crippen molar-refractivity contribution in [2.24, 2.45) is 0 Å². The van der Waals surface area contributed by atoms with E-state index < -0.39 is 0 Å². The first-order chi connectivity index (χ1) is 6.81. The molecule has 0 aliphatic carbocycles. The molecule has 0 amide bonds. The van der Waals surface area contributed by atoms with E-state index >= 15 is 0 Å². The van der Waals surface area contributed by atoms with Gasteiger partial charge in [0.05, 0.1) is 0 Å². The SMILES string of the molecule is C#CC(=O)c1ccc2c(c1)OCCO2. The van der Waals surface area contributed by atoms with Gasteiger partial charge in [0.25, 0.3) is 0 Å². The van der Waals surface area contributed by atoms with Crippen LogP contribution in [0.3, 0.4) is 0 Å². The van der Waals surface area contributed by atoms with Crippen LogP contribution < -0.4 is 9.47 Å². The second-order valence-corrected chi connectivity index (χ2v) is 2.83. The summed E-state index contributed by atoms with van der Waals surface area (Å²) in [6.07, 6.45) is 5.01. The van der Waals surface area contributed by atoms with E-state index in [4.69, 9.17) is 15.9 Å². The molecule has 1 aliphatic heterocycles. The number of carbonyl (C=O) groups excluding carboxylic acids is 1. The predicted octanol–water partition coefficient (Wildman–Crippen LogP) is 1.27. The molecule has 2 rings (SSSR count). The summed E-state index contributed by atoms with van der Waals surface area (Å²) in [5.74, 6) is 2.95. The molecule has 0 atom stereocenters. The molecule has 0 N–H and O–H groups in total. The predicted molar refractivity (Wildman–Crippen MR) is 50.6 cm³/mol. The van der Waals surface area contributed by atoms with Crippen molar-refractivity contribution >= 4 is 5.78 Å². The van der Waals surface area contributed by atoms with Crippen molar-refractivity contribution in [1.29, 1.82) is 0 Å². The van der Waals surface area contributed by atoms with E-state index in [0.29, 0.717) is 30.3 Å². The molecule has 3 heteroatoms. The van der Waals surface area contributed by atoms with Crippen LogP contribution in [0.5, 0.6) is 11.5 Å². The van der Waals surface area contributed by atoms with Crippen molar-refractivity contribution in [3.8, 4) is 23.8 Å². The van der Waals surface area contributed by atoms with Crippen LogP contribution in [0.15, 0.2) is 18.2 Å². The third-order valence-corrected chi connectivity index (χ3v) is 1.94. The summed E-state index contributed by atoms with van der Waals surface area (Å²) in [7, 11) is 0. The highest BCUT2D eigenvalue weighted by atomic mass is 16.6. The minimum absolute atomic E-state index is 0.345. The average Bonchev–Trinajstić information content (AvgIpc) is 2.27. The number of carbonyl (C=O) groups is 1. The number of rotatable bonds is 1. The molecule has 14 heavy (non-hydrogen) atoms. The van der Waals surface area contributed by atoms with Crippen molar-refractivity contribution in [1.82, 2.24) is 0 Å². The number of benzene rings is 1. The molecule has 1 aromatic rings. The van der Waals surface area contributed by atoms with E-state index in [2.05, 4.69) is 5.92 Å². The summed E-state index contributed by atoms with van der Waals surface area (Å²) in [6.45, 7) is 1.04. The molecule has 1 aliphatic rings. The number of fused-ring (bicyclic) bond motifs is 1. The Morgan fingerprint density at radius 3 is 2.71 bits per heavy atom. The summed E-state index contributed by atoms with van der Waals surface area (Å²) < 4.78 is 10.6. The zero-order valence-electron chi connectivity index (χ0n) is 7.45. The molecule has 70 valence electrons. The minimum Gasteiger partial charge on any atom is -0.486 e. The molecule has 0 radical (unpaired) electrons. The smallest absolute Gasteiger partial charge is 0.235 e. The molecule has 0 unspecified atom stereocenters. The summed E-state index contributed by atoms with van der Waals surface area (Å²) in [4.78, 5) is 11.2. The summed E-state index contributed by atoms with van der Waals surface area (Å²) in [5, 5.41) is 0. The average molecular weight is 188 g/mol. The molecule has 0 saturated heterocycles. The summed E-state index contributed by atoms with van der Waals surface area (Å²) in [6, 6.07) is 4.94. The fourth-order valence-electron chi connectivity index (χ4n) is 1.27. The molecule has 0 fully saturated rings. The lowest BCUT2D eigenvalue weighted by Gasteiger charge is -2.18. The standard InChI is InChI=1S/C11H8O3/c1-2-9(12)8-3-4-10-11(7-8)14-6-5-13-10/h1,3-4,7H,5-6H2. The Morgan fingerprint density at radius 2 is 2.00 bits per heavy atom. The van der Waals surface area contributed by atoms with Crippen molar-refractivity contribution in [2.75, 3.05) is 13.2 Å². The fraction of sp³-hybridized carbons (Fsp3) is 0.182. The van der Waals surface area contributed by atoms with Gasteiger partial charge in [-0.1, -0.05) is 0 Å². The van der Waals surface area contributed by atoms with Gasteiger partial charge in [-0.25, -0.2) is 0 Å². The van der Waals surface area contributed by atoms with Gasteiger partial charge >= 0.3 is 0 Å². The zero-order valence-corrected chi connectivity index (χ0v) is 7.45. The van der Waals surface area contributed by atoms with Gasteiger partial charge in [-0.2, -0.15) is 0 Å². The monoisotopic (exact) mass is 188 g/mol. The first-order valence-corrected chi connectivity index (χ1v) is 4.22. The van der Waals surface area contributed by atoms with Crippen molar-refractivity contribution < 1.29 is 14.3 Å². The van der Waals surface area contributed by atoms with Crippen LogP contribution in [0.2, 0.25) is 0 Å². The second kappa shape index (κ2) is 3.43. The van der Waals surface area contributed by atoms with Crippen LogP contribution in [-0.2, 0) is 0 Å². The van der Waals surface area contributed by atoms with Crippen LogP contribution in [-0.4, -0.2) is 19.0 Å². The van der Waals surface area contributed by atoms with Gasteiger partial charge in [-0.3, -0.25) is 4.79 Å². The van der Waals surface area contributed by atoms with Crippen LogP contribution in [0.1, 0.15) is 10.4 Å². The fourth-order valence-corrected chi connectivity index (χ4v) is 1.27. The Morgan fingerprint density at radius 1 is 1.29 bits per heavy atom. The lowest BCUT2D eigenvalue weighted by atomic mass is 10.1. The largest absolute Gasteiger partial charge is 0.486 e. The van der Waals surface area contributed by atoms with Gasteiger partial charge in [-0.05, 0) is 24.1 Å². The molecule has 0 bridgehead atoms. The van der Waals surface area contributed by atoms with Gasteiger partial charge in [0.2, 0.25) is 5.78 Å². The Kier molecular flexibility index (Phi) is 2.11. The summed E-state index contributed by atoms with van der Waals surface area (Å²) >= 11 is 0. The van der Waals surface area contributed by atoms with Gasteiger partial charge in [-0.15, -0.1) is 6.42 Å². The molecule has 1 heterocycles. The maximum absolute atomic E-state index is 11.2. The molecule has 0 saturated carbocycles. The number of hydrogen-bond donors (Lipinski definition) is 0. The van der Waals surface area contributed by atoms with E-state index in [-0.39, 0.29) is 5.78 Å². The number of hydrogen-bond acceptors (Lipinski definition) is 3. The third kappa shape index (κ3) is 1.42. The Labute approximate surface area is 81.6 Å². The lowest BCUT2D eigenvalue weighted by Crippen LogP contribution is -2.15. The number of Topliss-reactive ketones (excluding diaryl/α,β-unsaturated/α-hetero) is 1. The Bertz CT molecular complexity index is 415. The topological polar surface area (TPSA) is 35.5 Å². The first-order valence-electron chi connectivity index (χ1n) is 4.22. The Hall–Kier alpha value is -1.95. The molecular formula is C11H8O3. The second-order valence-electron chi connectivity index (χ2n) is 2.83. The zero-order chi connectivity index (χ0) is 9.97. The third-order valence-electron chi connectivity index (χ3n) is 1.94. The Balaban J connectivity index is 2.39.